The van der Waals surface area contributed by atoms with Gasteiger partial charge in [0.1, 0.15) is 11.5 Å². The Morgan fingerprint density at radius 2 is 1.97 bits per heavy atom. The molecule has 1 aliphatic heterocycles. The minimum absolute atomic E-state index is 0.581. The first-order valence-corrected chi connectivity index (χ1v) is 11.4. The molecule has 1 aromatic carbocycles. The van der Waals surface area contributed by atoms with E-state index in [-0.39, 0.29) is 0 Å². The Hall–Kier alpha value is -2.96. The quantitative estimate of drug-likeness (QED) is 0.471. The highest BCUT2D eigenvalue weighted by Crippen LogP contribution is 2.37. The maximum Gasteiger partial charge on any atom is 0.142 e. The zero-order valence-corrected chi connectivity index (χ0v) is 18.8. The van der Waals surface area contributed by atoms with Crippen molar-refractivity contribution in [1.29, 1.82) is 0 Å². The molecule has 0 radical (unpaired) electrons. The molecule has 1 N–H and O–H groups in total. The van der Waals surface area contributed by atoms with Gasteiger partial charge in [-0.3, -0.25) is 9.88 Å². The predicted octanol–water partition coefficient (Wildman–Crippen LogP) is 4.66. The van der Waals surface area contributed by atoms with E-state index in [0.717, 1.165) is 72.0 Å². The van der Waals surface area contributed by atoms with E-state index in [1.54, 1.807) is 6.20 Å². The highest BCUT2D eigenvalue weighted by atomic mass is 16.4. The number of rotatable bonds is 5. The third-order valence-corrected chi connectivity index (χ3v) is 6.90. The third kappa shape index (κ3) is 4.08. The number of fused-ring (bicyclic) bond motifs is 1. The Balaban J connectivity index is 1.47. The number of benzene rings is 1. The van der Waals surface area contributed by atoms with Gasteiger partial charge >= 0.3 is 0 Å². The summed E-state index contributed by atoms with van der Waals surface area (Å²) < 4.78 is 6.49. The lowest BCUT2D eigenvalue weighted by molar-refractivity contribution is 0.133. The molecule has 0 amide bonds. The zero-order valence-electron chi connectivity index (χ0n) is 18.8. The molecule has 2 aromatic heterocycles. The molecular weight excluding hydrogens is 400 g/mol. The van der Waals surface area contributed by atoms with Crippen LogP contribution in [0.1, 0.15) is 36.1 Å². The van der Waals surface area contributed by atoms with Gasteiger partial charge in [0.15, 0.2) is 0 Å². The van der Waals surface area contributed by atoms with Crippen molar-refractivity contribution in [3.8, 4) is 22.5 Å². The summed E-state index contributed by atoms with van der Waals surface area (Å²) in [5, 5.41) is 12.7. The third-order valence-electron chi connectivity index (χ3n) is 6.90. The molecular formula is C26H30N4O2. The van der Waals surface area contributed by atoms with Crippen LogP contribution in [0.3, 0.4) is 0 Å². The van der Waals surface area contributed by atoms with Gasteiger partial charge in [0.2, 0.25) is 0 Å². The van der Waals surface area contributed by atoms with Crippen molar-refractivity contribution in [3.63, 3.8) is 0 Å². The number of likely N-dealkylation sites (tertiary alicyclic amines) is 1. The SMILES string of the molecule is CN1CCC(N(C)Cc2cc(-c3cccnc3)c(-c3ccc4c(c3)CCC4=NO)o2)CC1. The molecule has 5 rings (SSSR count). The summed E-state index contributed by atoms with van der Waals surface area (Å²) in [6.07, 6.45) is 7.73. The van der Waals surface area contributed by atoms with Crippen molar-refractivity contribution < 1.29 is 9.62 Å². The lowest BCUT2D eigenvalue weighted by atomic mass is 9.99. The molecule has 1 fully saturated rings. The molecule has 0 spiro atoms. The van der Waals surface area contributed by atoms with Gasteiger partial charge in [-0.1, -0.05) is 23.4 Å². The van der Waals surface area contributed by atoms with Gasteiger partial charge in [0, 0.05) is 40.7 Å². The lowest BCUT2D eigenvalue weighted by Gasteiger charge is -2.34. The van der Waals surface area contributed by atoms with E-state index in [1.165, 1.54) is 18.4 Å². The molecule has 3 aromatic rings. The van der Waals surface area contributed by atoms with Crippen molar-refractivity contribution in [3.05, 3.63) is 65.7 Å². The Bertz CT molecular complexity index is 1110. The van der Waals surface area contributed by atoms with Crippen molar-refractivity contribution in [2.45, 2.75) is 38.3 Å². The molecule has 6 nitrogen and oxygen atoms in total. The highest BCUT2D eigenvalue weighted by molar-refractivity contribution is 6.04. The van der Waals surface area contributed by atoms with E-state index >= 15 is 0 Å². The van der Waals surface area contributed by atoms with E-state index in [9.17, 15) is 5.21 Å². The molecule has 0 saturated carbocycles. The Morgan fingerprint density at radius 3 is 2.72 bits per heavy atom. The highest BCUT2D eigenvalue weighted by Gasteiger charge is 2.24. The molecule has 0 bridgehead atoms. The number of piperidine rings is 1. The Morgan fingerprint density at radius 1 is 1.12 bits per heavy atom. The average molecular weight is 431 g/mol. The summed E-state index contributed by atoms with van der Waals surface area (Å²) in [7, 11) is 4.40. The van der Waals surface area contributed by atoms with Gasteiger partial charge in [0.25, 0.3) is 0 Å². The van der Waals surface area contributed by atoms with E-state index in [2.05, 4.69) is 58.3 Å². The van der Waals surface area contributed by atoms with Crippen molar-refractivity contribution >= 4 is 5.71 Å². The minimum atomic E-state index is 0.581. The summed E-state index contributed by atoms with van der Waals surface area (Å²) in [5.74, 6) is 1.85. The van der Waals surface area contributed by atoms with Gasteiger partial charge in [0.05, 0.1) is 12.3 Å². The summed E-state index contributed by atoms with van der Waals surface area (Å²) in [4.78, 5) is 9.15. The van der Waals surface area contributed by atoms with Crippen LogP contribution < -0.4 is 0 Å². The van der Waals surface area contributed by atoms with E-state index in [0.29, 0.717) is 6.04 Å². The lowest BCUT2D eigenvalue weighted by Crippen LogP contribution is -2.41. The smallest absolute Gasteiger partial charge is 0.142 e. The molecule has 3 heterocycles. The van der Waals surface area contributed by atoms with E-state index < -0.39 is 0 Å². The number of pyridine rings is 1. The molecule has 2 aliphatic rings. The Kier molecular flexibility index (Phi) is 5.81. The summed E-state index contributed by atoms with van der Waals surface area (Å²) in [5.41, 5.74) is 6.17. The number of nitrogens with zero attached hydrogens (tertiary/aromatic N) is 4. The fourth-order valence-electron chi connectivity index (χ4n) is 5.00. The fraction of sp³-hybridized carbons (Fsp3) is 0.385. The molecule has 1 aliphatic carbocycles. The molecule has 32 heavy (non-hydrogen) atoms. The van der Waals surface area contributed by atoms with Gasteiger partial charge in [-0.15, -0.1) is 0 Å². The van der Waals surface area contributed by atoms with Crippen LogP contribution in [-0.4, -0.2) is 58.9 Å². The molecule has 0 unspecified atom stereocenters. The van der Waals surface area contributed by atoms with Crippen molar-refractivity contribution in [2.75, 3.05) is 27.2 Å². The van der Waals surface area contributed by atoms with Crippen LogP contribution in [0.4, 0.5) is 0 Å². The normalized spacial score (nSPS) is 18.5. The second kappa shape index (κ2) is 8.88. The van der Waals surface area contributed by atoms with E-state index in [4.69, 9.17) is 4.42 Å². The summed E-state index contributed by atoms with van der Waals surface area (Å²) in [6.45, 7) is 3.08. The van der Waals surface area contributed by atoms with Gasteiger partial charge < -0.3 is 14.5 Å². The van der Waals surface area contributed by atoms with Crippen molar-refractivity contribution in [2.24, 2.45) is 5.16 Å². The summed E-state index contributed by atoms with van der Waals surface area (Å²) in [6, 6.07) is 13.1. The standard InChI is InChI=1S/C26H30N4O2/c1-29-12-9-21(10-13-29)30(2)17-22-15-24(20-4-3-11-27-16-20)26(32-22)19-5-7-23-18(14-19)6-8-25(23)28-31/h3-5,7,11,14-16,21,31H,6,8-10,12-13,17H2,1-2H3. The predicted molar refractivity (Wildman–Crippen MR) is 126 cm³/mol. The first kappa shape index (κ1) is 20.9. The van der Waals surface area contributed by atoms with Crippen LogP contribution in [0.15, 0.2) is 58.4 Å². The molecule has 166 valence electrons. The summed E-state index contributed by atoms with van der Waals surface area (Å²) >= 11 is 0. The topological polar surface area (TPSA) is 65.1 Å². The van der Waals surface area contributed by atoms with Gasteiger partial charge in [-0.25, -0.2) is 0 Å². The second-order valence-corrected chi connectivity index (χ2v) is 9.07. The number of oxime groups is 1. The van der Waals surface area contributed by atoms with Gasteiger partial charge in [-0.2, -0.15) is 0 Å². The maximum absolute atomic E-state index is 9.26. The monoisotopic (exact) mass is 430 g/mol. The first-order valence-electron chi connectivity index (χ1n) is 11.4. The molecule has 1 saturated heterocycles. The zero-order chi connectivity index (χ0) is 22.1. The van der Waals surface area contributed by atoms with Crippen LogP contribution >= 0.6 is 0 Å². The number of hydrogen-bond acceptors (Lipinski definition) is 6. The van der Waals surface area contributed by atoms with Crippen LogP contribution in [0, 0.1) is 0 Å². The molecule has 0 atom stereocenters. The number of aryl methyl sites for hydroxylation is 1. The van der Waals surface area contributed by atoms with Crippen LogP contribution in [-0.2, 0) is 13.0 Å². The number of aromatic nitrogens is 1. The maximum atomic E-state index is 9.26. The van der Waals surface area contributed by atoms with Crippen LogP contribution in [0.2, 0.25) is 0 Å². The largest absolute Gasteiger partial charge is 0.459 e. The first-order chi connectivity index (χ1) is 15.6. The number of hydrogen-bond donors (Lipinski definition) is 1. The number of furan rings is 1. The van der Waals surface area contributed by atoms with E-state index in [1.807, 2.05) is 18.3 Å². The Labute approximate surface area is 189 Å². The minimum Gasteiger partial charge on any atom is -0.459 e. The van der Waals surface area contributed by atoms with Crippen LogP contribution in [0.5, 0.6) is 0 Å². The van der Waals surface area contributed by atoms with Crippen LogP contribution in [0.25, 0.3) is 22.5 Å². The van der Waals surface area contributed by atoms with Gasteiger partial charge in [-0.05, 0) is 76.6 Å². The average Bonchev–Trinajstić information content (AvgIpc) is 3.43. The van der Waals surface area contributed by atoms with Crippen molar-refractivity contribution in [1.82, 2.24) is 14.8 Å². The fourth-order valence-corrected chi connectivity index (χ4v) is 5.00. The molecule has 6 heteroatoms. The second-order valence-electron chi connectivity index (χ2n) is 9.07.